The van der Waals surface area contributed by atoms with E-state index in [0.717, 1.165) is 29.9 Å². The highest BCUT2D eigenvalue weighted by Gasteiger charge is 2.30. The summed E-state index contributed by atoms with van der Waals surface area (Å²) in [6.07, 6.45) is 4.02. The van der Waals surface area contributed by atoms with Crippen molar-refractivity contribution in [3.8, 4) is 0 Å². The number of aromatic nitrogens is 2. The minimum absolute atomic E-state index is 0.0848. The van der Waals surface area contributed by atoms with Crippen LogP contribution in [-0.4, -0.2) is 17.1 Å². The molecule has 0 amide bonds. The first-order valence-electron chi connectivity index (χ1n) is 7.38. The van der Waals surface area contributed by atoms with Gasteiger partial charge in [-0.05, 0) is 35.2 Å². The third-order valence-electron chi connectivity index (χ3n) is 4.05. The molecule has 0 spiro atoms. The molecule has 0 radical (unpaired) electrons. The van der Waals surface area contributed by atoms with Crippen molar-refractivity contribution in [2.75, 3.05) is 0 Å². The second-order valence-electron chi connectivity index (χ2n) is 5.61. The van der Waals surface area contributed by atoms with Crippen LogP contribution in [0.5, 0.6) is 0 Å². The summed E-state index contributed by atoms with van der Waals surface area (Å²) in [5.74, 6) is -0.992. The summed E-state index contributed by atoms with van der Waals surface area (Å²) in [5, 5.41) is -0.000510. The van der Waals surface area contributed by atoms with Gasteiger partial charge in [-0.3, -0.25) is 0 Å². The molecule has 2 aromatic rings. The Labute approximate surface area is 147 Å². The van der Waals surface area contributed by atoms with Gasteiger partial charge in [-0.15, -0.1) is 0 Å². The van der Waals surface area contributed by atoms with E-state index in [1.54, 1.807) is 0 Å². The first-order valence-corrected chi connectivity index (χ1v) is 9.57. The maximum Gasteiger partial charge on any atom is 0.443 e. The number of rotatable bonds is 3. The molecule has 1 saturated carbocycles. The molecule has 7 nitrogen and oxygen atoms in total. The van der Waals surface area contributed by atoms with Crippen LogP contribution in [0.2, 0.25) is 10.0 Å². The molecule has 0 unspecified atom stereocenters. The monoisotopic (exact) mass is 392 g/mol. The Morgan fingerprint density at radius 3 is 2.42 bits per heavy atom. The van der Waals surface area contributed by atoms with Crippen LogP contribution in [0.4, 0.5) is 0 Å². The molecule has 0 N–H and O–H groups in total. The Morgan fingerprint density at radius 2 is 1.75 bits per heavy atom. The van der Waals surface area contributed by atoms with E-state index in [9.17, 15) is 18.0 Å². The summed E-state index contributed by atoms with van der Waals surface area (Å²) in [6, 6.07) is 3.45. The molecule has 10 heteroatoms. The minimum Gasteiger partial charge on any atom is -0.301 e. The molecule has 0 saturated heterocycles. The first-order chi connectivity index (χ1) is 11.3. The molecule has 1 fully saturated rings. The van der Waals surface area contributed by atoms with Crippen LogP contribution in [0.3, 0.4) is 0 Å². The van der Waals surface area contributed by atoms with Crippen LogP contribution in [0, 0.1) is 0 Å². The lowest BCUT2D eigenvalue weighted by atomic mass is 9.95. The van der Waals surface area contributed by atoms with Crippen LogP contribution < -0.4 is 11.4 Å². The number of hydrogen-bond acceptors (Lipinski definition) is 5. The summed E-state index contributed by atoms with van der Waals surface area (Å²) < 4.78 is 31.0. The fourth-order valence-corrected chi connectivity index (χ4v) is 4.75. The van der Waals surface area contributed by atoms with Crippen molar-refractivity contribution >= 4 is 33.2 Å². The van der Waals surface area contributed by atoms with Crippen molar-refractivity contribution in [2.45, 2.75) is 43.0 Å². The highest BCUT2D eigenvalue weighted by atomic mass is 35.5. The van der Waals surface area contributed by atoms with Crippen molar-refractivity contribution in [3.63, 3.8) is 0 Å². The van der Waals surface area contributed by atoms with Crippen molar-refractivity contribution in [2.24, 2.45) is 0 Å². The Kier molecular flexibility index (Phi) is 4.63. The Bertz CT molecular complexity index is 983. The van der Waals surface area contributed by atoms with Gasteiger partial charge in [-0.1, -0.05) is 42.5 Å². The van der Waals surface area contributed by atoms with Crippen LogP contribution in [-0.2, 0) is 10.0 Å². The minimum atomic E-state index is -4.46. The largest absolute Gasteiger partial charge is 0.443 e. The molecule has 1 aliphatic carbocycles. The summed E-state index contributed by atoms with van der Waals surface area (Å²) >= 11 is 11.7. The van der Waals surface area contributed by atoms with E-state index in [-0.39, 0.29) is 20.2 Å². The molecule has 3 rings (SSSR count). The summed E-state index contributed by atoms with van der Waals surface area (Å²) in [6.45, 7) is 0. The maximum absolute atomic E-state index is 12.6. The molecular weight excluding hydrogens is 379 g/mol. The van der Waals surface area contributed by atoms with Crippen LogP contribution in [0.15, 0.2) is 37.2 Å². The van der Waals surface area contributed by atoms with Gasteiger partial charge in [0, 0.05) is 11.1 Å². The van der Waals surface area contributed by atoms with Gasteiger partial charge < -0.3 is 4.52 Å². The van der Waals surface area contributed by atoms with Crippen LogP contribution >= 0.6 is 23.2 Å². The number of benzene rings is 1. The second-order valence-corrected chi connectivity index (χ2v) is 8.17. The maximum atomic E-state index is 12.6. The molecule has 0 atom stereocenters. The van der Waals surface area contributed by atoms with Gasteiger partial charge in [0.05, 0.1) is 5.02 Å². The molecule has 0 bridgehead atoms. The van der Waals surface area contributed by atoms with Gasteiger partial charge in [-0.2, -0.15) is 8.42 Å². The molecular formula is C14H14Cl2N2O5S. The van der Waals surface area contributed by atoms with Gasteiger partial charge in [0.25, 0.3) is 0 Å². The van der Waals surface area contributed by atoms with Crippen molar-refractivity contribution in [1.82, 2.24) is 8.71 Å². The summed E-state index contributed by atoms with van der Waals surface area (Å²) in [5.41, 5.74) is -1.03. The van der Waals surface area contributed by atoms with Crippen molar-refractivity contribution in [3.05, 3.63) is 49.3 Å². The Morgan fingerprint density at radius 1 is 1.08 bits per heavy atom. The fourth-order valence-electron chi connectivity index (χ4n) is 2.88. The number of halogens is 2. The van der Waals surface area contributed by atoms with Gasteiger partial charge in [0.2, 0.25) is 0 Å². The Hall–Kier alpha value is -1.51. The van der Waals surface area contributed by atoms with Crippen molar-refractivity contribution < 1.29 is 12.9 Å². The standard InChI is InChI=1S/C14H14Cl2N2O5S/c15-9-6-7-11(16)12(8-9)24(21,22)18-13(19)17(14(20)23-18)10-4-2-1-3-5-10/h6-8,10H,1-5H2. The summed E-state index contributed by atoms with van der Waals surface area (Å²) in [4.78, 5) is 24.1. The van der Waals surface area contributed by atoms with E-state index < -0.39 is 26.4 Å². The van der Waals surface area contributed by atoms with Gasteiger partial charge >= 0.3 is 21.5 Å². The van der Waals surface area contributed by atoms with E-state index in [1.807, 2.05) is 0 Å². The lowest BCUT2D eigenvalue weighted by Crippen LogP contribution is -2.35. The predicted molar refractivity (Wildman–Crippen MR) is 88.4 cm³/mol. The van der Waals surface area contributed by atoms with Gasteiger partial charge in [0.15, 0.2) is 0 Å². The van der Waals surface area contributed by atoms with Gasteiger partial charge in [-0.25, -0.2) is 14.2 Å². The van der Waals surface area contributed by atoms with Crippen LogP contribution in [0.1, 0.15) is 38.1 Å². The highest BCUT2D eigenvalue weighted by molar-refractivity contribution is 7.89. The topological polar surface area (TPSA) is 91.3 Å². The lowest BCUT2D eigenvalue weighted by Gasteiger charge is -2.20. The van der Waals surface area contributed by atoms with E-state index in [1.165, 1.54) is 12.1 Å². The quantitative estimate of drug-likeness (QED) is 0.800. The van der Waals surface area contributed by atoms with E-state index in [4.69, 9.17) is 27.7 Å². The van der Waals surface area contributed by atoms with Gasteiger partial charge in [0.1, 0.15) is 4.90 Å². The predicted octanol–water partition coefficient (Wildman–Crippen LogP) is 2.65. The summed E-state index contributed by atoms with van der Waals surface area (Å²) in [7, 11) is -4.46. The third-order valence-corrected chi connectivity index (χ3v) is 6.29. The fraction of sp³-hybridized carbons (Fsp3) is 0.429. The average molecular weight is 393 g/mol. The van der Waals surface area contributed by atoms with Crippen molar-refractivity contribution in [1.29, 1.82) is 0 Å². The molecule has 1 aliphatic rings. The van der Waals surface area contributed by atoms with E-state index in [0.29, 0.717) is 12.8 Å². The Balaban J connectivity index is 2.15. The zero-order valence-electron chi connectivity index (χ0n) is 12.4. The highest BCUT2D eigenvalue weighted by Crippen LogP contribution is 2.28. The third kappa shape index (κ3) is 2.94. The SMILES string of the molecule is O=c1on(S(=O)(=O)c2cc(Cl)ccc2Cl)c(=O)n1C1CCCCC1. The normalized spacial score (nSPS) is 16.4. The molecule has 130 valence electrons. The van der Waals surface area contributed by atoms with E-state index in [2.05, 4.69) is 0 Å². The molecule has 1 heterocycles. The zero-order valence-corrected chi connectivity index (χ0v) is 14.8. The molecule has 24 heavy (non-hydrogen) atoms. The average Bonchev–Trinajstić information content (AvgIpc) is 2.86. The zero-order chi connectivity index (χ0) is 17.5. The molecule has 0 aliphatic heterocycles. The smallest absolute Gasteiger partial charge is 0.301 e. The molecule has 1 aromatic heterocycles. The molecule has 1 aromatic carbocycles. The van der Waals surface area contributed by atoms with Crippen LogP contribution in [0.25, 0.3) is 0 Å². The lowest BCUT2D eigenvalue weighted by molar-refractivity contribution is 0.305. The van der Waals surface area contributed by atoms with E-state index >= 15 is 0 Å². The first kappa shape index (κ1) is 17.3. The number of nitrogens with zero attached hydrogens (tertiary/aromatic N) is 2. The number of hydrogen-bond donors (Lipinski definition) is 0. The second kappa shape index (κ2) is 6.42.